The summed E-state index contributed by atoms with van der Waals surface area (Å²) in [4.78, 5) is 2.66. The summed E-state index contributed by atoms with van der Waals surface area (Å²) in [6.45, 7) is 10.6. The highest BCUT2D eigenvalue weighted by atomic mass is 16.5. The summed E-state index contributed by atoms with van der Waals surface area (Å²) in [5.41, 5.74) is 7.12. The topological polar surface area (TPSA) is 36.5 Å². The van der Waals surface area contributed by atoms with Crippen molar-refractivity contribution in [3.8, 4) is 5.75 Å². The molecule has 0 aliphatic carbocycles. The molecule has 0 bridgehead atoms. The molecule has 0 atom stereocenters. The Morgan fingerprint density at radius 2 is 1.67 bits per heavy atom. The van der Waals surface area contributed by atoms with Crippen LogP contribution in [0, 0.1) is 5.41 Å². The summed E-state index contributed by atoms with van der Waals surface area (Å²) in [7, 11) is 1.73. The van der Waals surface area contributed by atoms with Crippen LogP contribution in [0.1, 0.15) is 56.2 Å². The molecular weight excluding hydrogens is 370 g/mol. The van der Waals surface area contributed by atoms with Gasteiger partial charge in [-0.1, -0.05) is 32.0 Å². The van der Waals surface area contributed by atoms with Crippen molar-refractivity contribution >= 4 is 11.4 Å². The van der Waals surface area contributed by atoms with Crippen molar-refractivity contribution in [2.75, 3.05) is 38.6 Å². The van der Waals surface area contributed by atoms with Crippen LogP contribution in [0.5, 0.6) is 5.75 Å². The van der Waals surface area contributed by atoms with Crippen LogP contribution >= 0.6 is 0 Å². The number of anilines is 2. The number of piperidine rings is 2. The van der Waals surface area contributed by atoms with Gasteiger partial charge in [0.15, 0.2) is 0 Å². The number of hydrogen-bond donors (Lipinski definition) is 2. The molecule has 30 heavy (non-hydrogen) atoms. The molecule has 2 N–H and O–H groups in total. The zero-order valence-corrected chi connectivity index (χ0v) is 18.7. The lowest BCUT2D eigenvalue weighted by Gasteiger charge is -2.44. The van der Waals surface area contributed by atoms with Crippen LogP contribution in [0.15, 0.2) is 36.4 Å². The molecule has 2 saturated heterocycles. The van der Waals surface area contributed by atoms with E-state index in [1.807, 2.05) is 0 Å². The number of hydrogen-bond acceptors (Lipinski definition) is 4. The average molecular weight is 406 g/mol. The Bertz CT molecular complexity index is 920. The number of fused-ring (bicyclic) bond motifs is 2. The zero-order chi connectivity index (χ0) is 20.8. The van der Waals surface area contributed by atoms with E-state index in [4.69, 9.17) is 4.74 Å². The first-order chi connectivity index (χ1) is 14.5. The first kappa shape index (κ1) is 19.9. The quantitative estimate of drug-likeness (QED) is 0.750. The number of nitrogens with one attached hydrogen (secondary N) is 2. The smallest absolute Gasteiger partial charge is 0.120 e. The van der Waals surface area contributed by atoms with Gasteiger partial charge in [0, 0.05) is 29.4 Å². The molecule has 2 aromatic rings. The predicted molar refractivity (Wildman–Crippen MR) is 124 cm³/mol. The van der Waals surface area contributed by atoms with Crippen molar-refractivity contribution in [1.29, 1.82) is 0 Å². The van der Waals surface area contributed by atoms with Gasteiger partial charge in [0.05, 0.1) is 7.11 Å². The van der Waals surface area contributed by atoms with E-state index in [9.17, 15) is 0 Å². The Balaban J connectivity index is 1.33. The largest absolute Gasteiger partial charge is 0.497 e. The standard InChI is InChI=1S/C26H35N3O/c1-25(2)21-6-5-20(30-3)17-24(21)28-23-7-4-19(16-22(23)25)18-29-14-10-26(11-15-29)8-12-27-13-9-26/h4-7,16-17,27-28H,8-15,18H2,1-3H3. The fourth-order valence-electron chi connectivity index (χ4n) is 5.81. The minimum absolute atomic E-state index is 0.0285. The van der Waals surface area contributed by atoms with E-state index >= 15 is 0 Å². The van der Waals surface area contributed by atoms with E-state index in [1.54, 1.807) is 7.11 Å². The number of benzene rings is 2. The number of rotatable bonds is 3. The van der Waals surface area contributed by atoms with Gasteiger partial charge in [-0.25, -0.2) is 0 Å². The van der Waals surface area contributed by atoms with Crippen molar-refractivity contribution in [3.05, 3.63) is 53.1 Å². The Kier molecular flexibility index (Phi) is 5.03. The highest BCUT2D eigenvalue weighted by Crippen LogP contribution is 2.47. The van der Waals surface area contributed by atoms with Gasteiger partial charge in [-0.05, 0) is 86.1 Å². The number of methoxy groups -OCH3 is 1. The van der Waals surface area contributed by atoms with Crippen LogP contribution < -0.4 is 15.4 Å². The predicted octanol–water partition coefficient (Wildman–Crippen LogP) is 5.04. The van der Waals surface area contributed by atoms with Crippen LogP contribution in [0.2, 0.25) is 0 Å². The maximum atomic E-state index is 5.43. The summed E-state index contributed by atoms with van der Waals surface area (Å²) in [6, 6.07) is 13.4. The van der Waals surface area contributed by atoms with Crippen molar-refractivity contribution in [2.24, 2.45) is 5.41 Å². The Morgan fingerprint density at radius 3 is 2.40 bits per heavy atom. The molecule has 0 amide bonds. The van der Waals surface area contributed by atoms with E-state index in [0.29, 0.717) is 5.41 Å². The van der Waals surface area contributed by atoms with E-state index in [1.165, 1.54) is 74.2 Å². The van der Waals surface area contributed by atoms with E-state index < -0.39 is 0 Å². The third kappa shape index (κ3) is 3.50. The molecule has 4 heteroatoms. The molecular formula is C26H35N3O. The molecule has 0 aromatic heterocycles. The molecule has 3 heterocycles. The monoisotopic (exact) mass is 405 g/mol. The third-order valence-electron chi connectivity index (χ3n) is 7.91. The Morgan fingerprint density at radius 1 is 0.900 bits per heavy atom. The van der Waals surface area contributed by atoms with E-state index in [2.05, 4.69) is 65.8 Å². The molecule has 2 aromatic carbocycles. The first-order valence-electron chi connectivity index (χ1n) is 11.5. The van der Waals surface area contributed by atoms with Crippen molar-refractivity contribution in [2.45, 2.75) is 51.5 Å². The SMILES string of the molecule is COc1ccc2c(c1)Nc1ccc(CN3CCC4(CCNCC4)CC3)cc1C2(C)C. The highest BCUT2D eigenvalue weighted by molar-refractivity contribution is 5.76. The average Bonchev–Trinajstić information content (AvgIpc) is 2.76. The number of nitrogens with zero attached hydrogens (tertiary/aromatic N) is 1. The van der Waals surface area contributed by atoms with Gasteiger partial charge in [0.25, 0.3) is 0 Å². The van der Waals surface area contributed by atoms with Crippen molar-refractivity contribution in [1.82, 2.24) is 10.2 Å². The zero-order valence-electron chi connectivity index (χ0n) is 18.7. The van der Waals surface area contributed by atoms with E-state index in [-0.39, 0.29) is 5.41 Å². The van der Waals surface area contributed by atoms with Gasteiger partial charge in [0.2, 0.25) is 0 Å². The lowest BCUT2D eigenvalue weighted by molar-refractivity contribution is 0.0701. The highest BCUT2D eigenvalue weighted by Gasteiger charge is 2.36. The molecule has 1 spiro atoms. The normalized spacial score (nSPS) is 22.1. The van der Waals surface area contributed by atoms with E-state index in [0.717, 1.165) is 18.0 Å². The number of likely N-dealkylation sites (tertiary alicyclic amines) is 1. The molecule has 0 radical (unpaired) electrons. The van der Waals surface area contributed by atoms with Gasteiger partial charge in [-0.3, -0.25) is 4.90 Å². The summed E-state index contributed by atoms with van der Waals surface area (Å²) >= 11 is 0. The molecule has 2 fully saturated rings. The van der Waals surface area contributed by atoms with Gasteiger partial charge in [0.1, 0.15) is 5.75 Å². The molecule has 0 unspecified atom stereocenters. The van der Waals surface area contributed by atoms with Crippen LogP contribution in [0.25, 0.3) is 0 Å². The van der Waals surface area contributed by atoms with Crippen molar-refractivity contribution in [3.63, 3.8) is 0 Å². The minimum atomic E-state index is -0.0285. The van der Waals surface area contributed by atoms with Gasteiger partial charge < -0.3 is 15.4 Å². The Labute approximate surface area is 181 Å². The molecule has 0 saturated carbocycles. The van der Waals surface area contributed by atoms with Crippen LogP contribution in [-0.2, 0) is 12.0 Å². The van der Waals surface area contributed by atoms with Gasteiger partial charge in [-0.15, -0.1) is 0 Å². The first-order valence-corrected chi connectivity index (χ1v) is 11.5. The lowest BCUT2D eigenvalue weighted by Crippen LogP contribution is -2.45. The molecule has 4 nitrogen and oxygen atoms in total. The van der Waals surface area contributed by atoms with Crippen LogP contribution in [-0.4, -0.2) is 38.2 Å². The second kappa shape index (κ2) is 7.58. The maximum absolute atomic E-state index is 5.43. The summed E-state index contributed by atoms with van der Waals surface area (Å²) in [5.74, 6) is 0.897. The lowest BCUT2D eigenvalue weighted by atomic mass is 9.71. The molecule has 3 aliphatic rings. The second-order valence-electron chi connectivity index (χ2n) is 10.1. The van der Waals surface area contributed by atoms with Gasteiger partial charge >= 0.3 is 0 Å². The molecule has 5 rings (SSSR count). The minimum Gasteiger partial charge on any atom is -0.497 e. The fraction of sp³-hybridized carbons (Fsp3) is 0.538. The van der Waals surface area contributed by atoms with Crippen LogP contribution in [0.4, 0.5) is 11.4 Å². The maximum Gasteiger partial charge on any atom is 0.120 e. The fourth-order valence-corrected chi connectivity index (χ4v) is 5.81. The third-order valence-corrected chi connectivity index (χ3v) is 7.91. The number of ether oxygens (including phenoxy) is 1. The molecule has 160 valence electrons. The van der Waals surface area contributed by atoms with Crippen LogP contribution in [0.3, 0.4) is 0 Å². The van der Waals surface area contributed by atoms with Crippen molar-refractivity contribution < 1.29 is 4.74 Å². The summed E-state index contributed by atoms with van der Waals surface area (Å²) in [5, 5.41) is 7.17. The van der Waals surface area contributed by atoms with Gasteiger partial charge in [-0.2, -0.15) is 0 Å². The Hall–Kier alpha value is -2.04. The second-order valence-corrected chi connectivity index (χ2v) is 10.1. The summed E-state index contributed by atoms with van der Waals surface area (Å²) < 4.78 is 5.43. The molecule has 3 aliphatic heterocycles. The summed E-state index contributed by atoms with van der Waals surface area (Å²) in [6.07, 6.45) is 5.46.